The van der Waals surface area contributed by atoms with Crippen LogP contribution >= 0.6 is 0 Å². The Kier molecular flexibility index (Phi) is 3.39. The van der Waals surface area contributed by atoms with Crippen molar-refractivity contribution >= 4 is 0 Å². The summed E-state index contributed by atoms with van der Waals surface area (Å²) in [5.74, 6) is 0. The van der Waals surface area contributed by atoms with E-state index in [1.165, 1.54) is 0 Å². The molecule has 0 aliphatic heterocycles. The highest BCUT2D eigenvalue weighted by atomic mass is 19.4. The summed E-state index contributed by atoms with van der Waals surface area (Å²) in [6.07, 6.45) is -9.74. The lowest BCUT2D eigenvalue weighted by Gasteiger charge is -2.24. The molecule has 7 heteroatoms. The fraction of sp³-hybridized carbons (Fsp3) is 0.333. The van der Waals surface area contributed by atoms with E-state index in [1.54, 1.807) is 0 Å². The lowest BCUT2D eigenvalue weighted by atomic mass is 10.5. The molecule has 0 aliphatic carbocycles. The van der Waals surface area contributed by atoms with Gasteiger partial charge in [0.25, 0.3) is 0 Å². The van der Waals surface area contributed by atoms with Crippen molar-refractivity contribution in [2.24, 2.45) is 0 Å². The topological polar surface area (TPSA) is 3.24 Å². The van der Waals surface area contributed by atoms with Crippen molar-refractivity contribution in [1.82, 2.24) is 4.90 Å². The van der Waals surface area contributed by atoms with Crippen LogP contribution in [0.25, 0.3) is 0 Å². The molecule has 0 amide bonds. The molecule has 0 N–H and O–H groups in total. The van der Waals surface area contributed by atoms with Gasteiger partial charge >= 0.3 is 12.6 Å². The molecule has 76 valence electrons. The van der Waals surface area contributed by atoms with Gasteiger partial charge in [-0.1, -0.05) is 12.7 Å². The number of rotatable bonds is 2. The van der Waals surface area contributed by atoms with E-state index in [-0.39, 0.29) is 6.20 Å². The van der Waals surface area contributed by atoms with Crippen LogP contribution in [0.3, 0.4) is 0 Å². The van der Waals surface area contributed by atoms with Gasteiger partial charge < -0.3 is 0 Å². The molecule has 0 aromatic carbocycles. The summed E-state index contributed by atoms with van der Waals surface area (Å²) < 4.78 is 70.0. The third kappa shape index (κ3) is 3.86. The number of nitrogens with zero attached hydrogens (tertiary/aromatic N) is 1. The van der Waals surface area contributed by atoms with Gasteiger partial charge in [0.1, 0.15) is 0 Å². The Hall–Kier alpha value is -1.14. The van der Waals surface area contributed by atoms with Crippen LogP contribution in [0.1, 0.15) is 0 Å². The lowest BCUT2D eigenvalue weighted by Crippen LogP contribution is -2.43. The lowest BCUT2D eigenvalue weighted by molar-refractivity contribution is -0.353. The van der Waals surface area contributed by atoms with Crippen LogP contribution in [0, 0.1) is 0 Å². The molecular weight excluding hydrogens is 200 g/mol. The van der Waals surface area contributed by atoms with E-state index in [0.29, 0.717) is 6.08 Å². The smallest absolute Gasteiger partial charge is 0.200 e. The summed E-state index contributed by atoms with van der Waals surface area (Å²) in [7, 11) is 0. The Bertz CT molecular complexity index is 186. The second-order valence-electron chi connectivity index (χ2n) is 1.88. The highest BCUT2D eigenvalue weighted by Crippen LogP contribution is 2.33. The van der Waals surface area contributed by atoms with E-state index >= 15 is 0 Å². The number of alkyl halides is 6. The number of halogens is 6. The first-order chi connectivity index (χ1) is 5.69. The van der Waals surface area contributed by atoms with Crippen molar-refractivity contribution in [1.29, 1.82) is 0 Å². The number of hydrogen-bond donors (Lipinski definition) is 0. The largest absolute Gasteiger partial charge is 0.491 e. The van der Waals surface area contributed by atoms with E-state index in [2.05, 4.69) is 6.58 Å². The molecule has 0 radical (unpaired) electrons. The van der Waals surface area contributed by atoms with Crippen LogP contribution < -0.4 is 0 Å². The van der Waals surface area contributed by atoms with E-state index < -0.39 is 17.5 Å². The van der Waals surface area contributed by atoms with Gasteiger partial charge in [-0.15, -0.1) is 26.3 Å². The summed E-state index contributed by atoms with van der Waals surface area (Å²) in [5, 5.41) is 0. The first kappa shape index (κ1) is 11.9. The minimum absolute atomic E-state index is 0.146. The van der Waals surface area contributed by atoms with Gasteiger partial charge in [-0.25, -0.2) is 4.90 Å². The zero-order valence-electron chi connectivity index (χ0n) is 6.15. The number of hydrogen-bond acceptors (Lipinski definition) is 1. The average Bonchev–Trinajstić information content (AvgIpc) is 1.81. The van der Waals surface area contributed by atoms with Crippen molar-refractivity contribution in [3.63, 3.8) is 0 Å². The number of allylic oxidation sites excluding steroid dienone is 2. The van der Waals surface area contributed by atoms with Crippen LogP contribution in [-0.4, -0.2) is 17.5 Å². The molecule has 13 heavy (non-hydrogen) atoms. The maximum atomic E-state index is 11.7. The monoisotopic (exact) mass is 205 g/mol. The molecule has 0 unspecified atom stereocenters. The Morgan fingerprint density at radius 3 is 1.54 bits per heavy atom. The van der Waals surface area contributed by atoms with Gasteiger partial charge in [-0.05, 0) is 6.08 Å². The Morgan fingerprint density at radius 2 is 1.31 bits per heavy atom. The third-order valence-corrected chi connectivity index (χ3v) is 0.918. The van der Waals surface area contributed by atoms with Crippen molar-refractivity contribution < 1.29 is 26.3 Å². The minimum atomic E-state index is -5.47. The Morgan fingerprint density at radius 1 is 0.923 bits per heavy atom. The van der Waals surface area contributed by atoms with Gasteiger partial charge in [0, 0.05) is 6.20 Å². The zero-order valence-corrected chi connectivity index (χ0v) is 6.15. The molecule has 0 spiro atoms. The second kappa shape index (κ2) is 3.71. The maximum absolute atomic E-state index is 11.7. The van der Waals surface area contributed by atoms with E-state index in [9.17, 15) is 26.3 Å². The molecule has 0 aromatic heterocycles. The molecule has 0 heterocycles. The van der Waals surface area contributed by atoms with Crippen molar-refractivity contribution in [2.45, 2.75) is 12.6 Å². The van der Waals surface area contributed by atoms with Gasteiger partial charge in [0.05, 0.1) is 0 Å². The molecule has 0 saturated heterocycles. The summed E-state index contributed by atoms with van der Waals surface area (Å²) in [4.78, 5) is -1.66. The van der Waals surface area contributed by atoms with Crippen LogP contribution in [0.2, 0.25) is 0 Å². The van der Waals surface area contributed by atoms with Crippen LogP contribution in [0.15, 0.2) is 24.9 Å². The molecule has 0 aliphatic rings. The summed E-state index contributed by atoms with van der Waals surface area (Å²) >= 11 is 0. The van der Waals surface area contributed by atoms with Crippen LogP contribution in [-0.2, 0) is 0 Å². The molecule has 1 nitrogen and oxygen atoms in total. The van der Waals surface area contributed by atoms with E-state index in [4.69, 9.17) is 0 Å². The van der Waals surface area contributed by atoms with Crippen molar-refractivity contribution in [3.05, 3.63) is 24.9 Å². The minimum Gasteiger partial charge on any atom is -0.200 e. The van der Waals surface area contributed by atoms with E-state index in [0.717, 1.165) is 6.08 Å². The maximum Gasteiger partial charge on any atom is 0.491 e. The first-order valence-electron chi connectivity index (χ1n) is 2.91. The summed E-state index contributed by atoms with van der Waals surface area (Å²) in [5.41, 5.74) is 0. The molecule has 0 bridgehead atoms. The predicted molar refractivity (Wildman–Crippen MR) is 33.3 cm³/mol. The fourth-order valence-corrected chi connectivity index (χ4v) is 0.460. The summed E-state index contributed by atoms with van der Waals surface area (Å²) in [6, 6.07) is 0. The quantitative estimate of drug-likeness (QED) is 0.380. The van der Waals surface area contributed by atoms with Crippen molar-refractivity contribution in [2.75, 3.05) is 0 Å². The highest BCUT2D eigenvalue weighted by Gasteiger charge is 2.51. The molecule has 0 saturated carbocycles. The Balaban J connectivity index is 4.77. The molecule has 0 rings (SSSR count). The second-order valence-corrected chi connectivity index (χ2v) is 1.88. The molecule has 0 aromatic rings. The molecule has 0 fully saturated rings. The molecule has 0 atom stereocenters. The van der Waals surface area contributed by atoms with Crippen LogP contribution in [0.4, 0.5) is 26.3 Å². The summed E-state index contributed by atoms with van der Waals surface area (Å²) in [6.45, 7) is 2.95. The zero-order chi connectivity index (χ0) is 10.7. The standard InChI is InChI=1S/C6H5F6N/c1-2-3-4-13(5(7,8)9)6(10,11)12/h2-4H,1H2/b4-3+. The average molecular weight is 205 g/mol. The molecular formula is C6H5F6N. The Labute approximate surface area is 69.9 Å². The normalized spacial score (nSPS) is 13.4. The van der Waals surface area contributed by atoms with Gasteiger partial charge in [0.15, 0.2) is 0 Å². The highest BCUT2D eigenvalue weighted by molar-refractivity contribution is 4.98. The van der Waals surface area contributed by atoms with Gasteiger partial charge in [-0.3, -0.25) is 0 Å². The van der Waals surface area contributed by atoms with Crippen LogP contribution in [0.5, 0.6) is 0 Å². The first-order valence-corrected chi connectivity index (χ1v) is 2.91. The van der Waals surface area contributed by atoms with Gasteiger partial charge in [0.2, 0.25) is 0 Å². The van der Waals surface area contributed by atoms with E-state index in [1.807, 2.05) is 0 Å². The van der Waals surface area contributed by atoms with Crippen molar-refractivity contribution in [3.8, 4) is 0 Å². The SMILES string of the molecule is C=C/C=C/N(C(F)(F)F)C(F)(F)F. The fourth-order valence-electron chi connectivity index (χ4n) is 0.460. The third-order valence-electron chi connectivity index (χ3n) is 0.918. The predicted octanol–water partition coefficient (Wildman–Crippen LogP) is 3.03. The van der Waals surface area contributed by atoms with Gasteiger partial charge in [-0.2, -0.15) is 0 Å².